The van der Waals surface area contributed by atoms with E-state index in [4.69, 9.17) is 4.74 Å². The van der Waals surface area contributed by atoms with Gasteiger partial charge in [0.05, 0.1) is 10.6 Å². The highest BCUT2D eigenvalue weighted by atomic mass is 32.2. The second-order valence-electron chi connectivity index (χ2n) is 5.48. The molecule has 1 heterocycles. The second-order valence-corrected chi connectivity index (χ2v) is 6.51. The molecule has 2 aromatic carbocycles. The van der Waals surface area contributed by atoms with Crippen LogP contribution in [0, 0.1) is 6.92 Å². The average molecular weight is 352 g/mol. The summed E-state index contributed by atoms with van der Waals surface area (Å²) in [6.07, 6.45) is 1.77. The molecule has 0 spiro atoms. The molecule has 2 aromatic rings. The van der Waals surface area contributed by atoms with Crippen molar-refractivity contribution in [2.24, 2.45) is 4.99 Å². The Kier molecular flexibility index (Phi) is 5.00. The third-order valence-electron chi connectivity index (χ3n) is 3.35. The minimum Gasteiger partial charge on any atom is -0.427 e. The summed E-state index contributed by atoms with van der Waals surface area (Å²) in [5.41, 5.74) is 2.79. The van der Waals surface area contributed by atoms with Gasteiger partial charge in [0, 0.05) is 6.92 Å². The number of esters is 1. The highest BCUT2D eigenvalue weighted by molar-refractivity contribution is 8.18. The zero-order chi connectivity index (χ0) is 17.8. The van der Waals surface area contributed by atoms with Crippen molar-refractivity contribution in [1.82, 2.24) is 5.32 Å². The number of amidine groups is 1. The minimum absolute atomic E-state index is 0.181. The van der Waals surface area contributed by atoms with Gasteiger partial charge in [-0.1, -0.05) is 29.8 Å². The Morgan fingerprint density at radius 1 is 1.12 bits per heavy atom. The van der Waals surface area contributed by atoms with Crippen molar-refractivity contribution in [3.8, 4) is 5.75 Å². The first-order valence-corrected chi connectivity index (χ1v) is 8.46. The Labute approximate surface area is 149 Å². The van der Waals surface area contributed by atoms with Gasteiger partial charge in [0.2, 0.25) is 0 Å². The third kappa shape index (κ3) is 4.58. The molecule has 1 aliphatic rings. The van der Waals surface area contributed by atoms with Crippen LogP contribution >= 0.6 is 11.8 Å². The van der Waals surface area contributed by atoms with E-state index >= 15 is 0 Å². The van der Waals surface area contributed by atoms with Gasteiger partial charge in [-0.2, -0.15) is 0 Å². The van der Waals surface area contributed by atoms with E-state index in [1.54, 1.807) is 30.3 Å². The third-order valence-corrected chi connectivity index (χ3v) is 4.26. The lowest BCUT2D eigenvalue weighted by atomic mass is 10.2. The van der Waals surface area contributed by atoms with Crippen LogP contribution in [-0.4, -0.2) is 17.0 Å². The summed E-state index contributed by atoms with van der Waals surface area (Å²) in [6, 6.07) is 14.7. The van der Waals surface area contributed by atoms with Crippen LogP contribution in [0.2, 0.25) is 0 Å². The predicted molar refractivity (Wildman–Crippen MR) is 99.7 cm³/mol. The fraction of sp³-hybridized carbons (Fsp3) is 0.105. The summed E-state index contributed by atoms with van der Waals surface area (Å²) in [7, 11) is 0. The maximum atomic E-state index is 12.1. The van der Waals surface area contributed by atoms with Crippen LogP contribution in [0.5, 0.6) is 5.75 Å². The lowest BCUT2D eigenvalue weighted by molar-refractivity contribution is -0.131. The van der Waals surface area contributed by atoms with Crippen molar-refractivity contribution in [1.29, 1.82) is 0 Å². The molecule has 1 aliphatic heterocycles. The van der Waals surface area contributed by atoms with Crippen molar-refractivity contribution in [3.63, 3.8) is 0 Å². The molecule has 0 aliphatic carbocycles. The van der Waals surface area contributed by atoms with Gasteiger partial charge in [-0.25, -0.2) is 4.99 Å². The number of ether oxygens (including phenoxy) is 1. The van der Waals surface area contributed by atoms with Crippen LogP contribution in [0.3, 0.4) is 0 Å². The molecule has 1 fully saturated rings. The summed E-state index contributed by atoms with van der Waals surface area (Å²) in [6.45, 7) is 3.36. The van der Waals surface area contributed by atoms with Crippen LogP contribution in [0.4, 0.5) is 5.69 Å². The summed E-state index contributed by atoms with van der Waals surface area (Å²) < 4.78 is 4.99. The molecule has 0 atom stereocenters. The standard InChI is InChI=1S/C19H16N2O3S/c1-12-3-7-15(8-4-12)20-19-21-18(23)17(25-19)11-14-5-9-16(10-6-14)24-13(2)22/h3-11H,1-2H3,(H,20,21,23)/b17-11-. The predicted octanol–water partition coefficient (Wildman–Crippen LogP) is 3.81. The number of aliphatic imine (C=N–C) groups is 1. The molecular formula is C19H16N2O3S. The molecule has 3 rings (SSSR count). The number of carbonyl (C=O) groups is 2. The Morgan fingerprint density at radius 3 is 2.44 bits per heavy atom. The van der Waals surface area contributed by atoms with Crippen molar-refractivity contribution < 1.29 is 14.3 Å². The first-order valence-electron chi connectivity index (χ1n) is 7.64. The average Bonchev–Trinajstić information content (AvgIpc) is 2.90. The Balaban J connectivity index is 1.74. The number of hydrogen-bond donors (Lipinski definition) is 1. The highest BCUT2D eigenvalue weighted by Gasteiger charge is 2.23. The van der Waals surface area contributed by atoms with E-state index in [1.165, 1.54) is 18.7 Å². The van der Waals surface area contributed by atoms with Gasteiger partial charge in [0.25, 0.3) is 5.91 Å². The molecule has 0 radical (unpaired) electrons. The number of aryl methyl sites for hydroxylation is 1. The number of carbonyl (C=O) groups excluding carboxylic acids is 2. The summed E-state index contributed by atoms with van der Waals surface area (Å²) in [4.78, 5) is 28.0. The van der Waals surface area contributed by atoms with Crippen LogP contribution in [0.25, 0.3) is 6.08 Å². The molecule has 0 unspecified atom stereocenters. The number of rotatable bonds is 3. The highest BCUT2D eigenvalue weighted by Crippen LogP contribution is 2.28. The Morgan fingerprint density at radius 2 is 1.80 bits per heavy atom. The van der Waals surface area contributed by atoms with Crippen molar-refractivity contribution >= 4 is 40.6 Å². The normalized spacial score (nSPS) is 17.0. The zero-order valence-electron chi connectivity index (χ0n) is 13.8. The first-order chi connectivity index (χ1) is 12.0. The Bertz CT molecular complexity index is 869. The van der Waals surface area contributed by atoms with Gasteiger partial charge in [0.15, 0.2) is 5.17 Å². The number of amides is 1. The molecule has 0 bridgehead atoms. The molecule has 0 aromatic heterocycles. The van der Waals surface area contributed by atoms with Crippen LogP contribution in [-0.2, 0) is 9.59 Å². The lowest BCUT2D eigenvalue weighted by Gasteiger charge is -2.01. The number of benzene rings is 2. The van der Waals surface area contributed by atoms with E-state index in [0.717, 1.165) is 16.8 Å². The summed E-state index contributed by atoms with van der Waals surface area (Å²) >= 11 is 1.29. The van der Waals surface area contributed by atoms with Gasteiger partial charge in [-0.3, -0.25) is 9.59 Å². The summed E-state index contributed by atoms with van der Waals surface area (Å²) in [5, 5.41) is 3.31. The molecule has 25 heavy (non-hydrogen) atoms. The Hall–Kier alpha value is -2.86. The van der Waals surface area contributed by atoms with Crippen LogP contribution < -0.4 is 10.1 Å². The fourth-order valence-corrected chi connectivity index (χ4v) is 3.01. The molecule has 1 N–H and O–H groups in total. The number of thioether (sulfide) groups is 1. The SMILES string of the molecule is CC(=O)Oc1ccc(/C=C2\SC(=Nc3ccc(C)cc3)NC2=O)cc1. The quantitative estimate of drug-likeness (QED) is 0.518. The molecule has 1 amide bonds. The van der Waals surface area contributed by atoms with Gasteiger partial charge < -0.3 is 10.1 Å². The zero-order valence-corrected chi connectivity index (χ0v) is 14.6. The van der Waals surface area contributed by atoms with Crippen molar-refractivity contribution in [2.75, 3.05) is 0 Å². The van der Waals surface area contributed by atoms with Crippen molar-refractivity contribution in [2.45, 2.75) is 13.8 Å². The maximum Gasteiger partial charge on any atom is 0.308 e. The van der Waals surface area contributed by atoms with Crippen LogP contribution in [0.15, 0.2) is 58.4 Å². The smallest absolute Gasteiger partial charge is 0.308 e. The van der Waals surface area contributed by atoms with E-state index in [2.05, 4.69) is 10.3 Å². The number of hydrogen-bond acceptors (Lipinski definition) is 5. The van der Waals surface area contributed by atoms with Gasteiger partial charge >= 0.3 is 5.97 Å². The maximum absolute atomic E-state index is 12.1. The lowest BCUT2D eigenvalue weighted by Crippen LogP contribution is -2.19. The summed E-state index contributed by atoms with van der Waals surface area (Å²) in [5.74, 6) is -0.0755. The van der Waals surface area contributed by atoms with E-state index in [-0.39, 0.29) is 11.9 Å². The molecule has 5 nitrogen and oxygen atoms in total. The topological polar surface area (TPSA) is 67.8 Å². The van der Waals surface area contributed by atoms with E-state index in [0.29, 0.717) is 15.8 Å². The fourth-order valence-electron chi connectivity index (χ4n) is 2.17. The molecule has 126 valence electrons. The molecular weight excluding hydrogens is 336 g/mol. The van der Waals surface area contributed by atoms with E-state index in [1.807, 2.05) is 31.2 Å². The van der Waals surface area contributed by atoms with Crippen LogP contribution in [0.1, 0.15) is 18.1 Å². The first kappa shape index (κ1) is 17.0. The van der Waals surface area contributed by atoms with Gasteiger partial charge in [-0.05, 0) is 54.6 Å². The number of nitrogens with zero attached hydrogens (tertiary/aromatic N) is 1. The van der Waals surface area contributed by atoms with Gasteiger partial charge in [0.1, 0.15) is 5.75 Å². The second kappa shape index (κ2) is 7.36. The van der Waals surface area contributed by atoms with Gasteiger partial charge in [-0.15, -0.1) is 0 Å². The molecule has 1 saturated heterocycles. The molecule has 6 heteroatoms. The minimum atomic E-state index is -0.367. The van der Waals surface area contributed by atoms with Crippen molar-refractivity contribution in [3.05, 3.63) is 64.6 Å². The van der Waals surface area contributed by atoms with E-state index < -0.39 is 0 Å². The number of nitrogens with one attached hydrogen (secondary N) is 1. The monoisotopic (exact) mass is 352 g/mol. The molecule has 0 saturated carbocycles. The van der Waals surface area contributed by atoms with E-state index in [9.17, 15) is 9.59 Å². The largest absolute Gasteiger partial charge is 0.427 e.